The van der Waals surface area contributed by atoms with E-state index in [2.05, 4.69) is 231 Å². The van der Waals surface area contributed by atoms with Gasteiger partial charge in [-0.25, -0.2) is 0 Å². The van der Waals surface area contributed by atoms with Gasteiger partial charge in [0, 0.05) is 54.7 Å². The Morgan fingerprint density at radius 2 is 0.628 bits per heavy atom. The molecule has 9 rings (SSSR count). The third-order valence-corrected chi connectivity index (χ3v) is 21.6. The number of hydrogen-bond donors (Lipinski definition) is 2. The molecule has 0 amide bonds. The van der Waals surface area contributed by atoms with Crippen LogP contribution in [0.4, 0.5) is 0 Å². The summed E-state index contributed by atoms with van der Waals surface area (Å²) in [5.74, 6) is 12.3. The Morgan fingerprint density at radius 1 is 0.372 bits per heavy atom. The van der Waals surface area contributed by atoms with Gasteiger partial charge in [-0.1, -0.05) is 198 Å². The molecule has 1 aliphatic carbocycles. The summed E-state index contributed by atoms with van der Waals surface area (Å²) in [6, 6.07) is 36.9. The van der Waals surface area contributed by atoms with E-state index in [1.54, 1.807) is 0 Å². The second-order valence-electron chi connectivity index (χ2n) is 29.5. The van der Waals surface area contributed by atoms with Crippen LogP contribution < -0.4 is 0 Å². The first kappa shape index (κ1) is 57.6. The lowest BCUT2D eigenvalue weighted by molar-refractivity contribution is 0.466. The first-order chi connectivity index (χ1) is 36.1. The average molecular weight is 1080 g/mol. The van der Waals surface area contributed by atoms with Gasteiger partial charge < -0.3 is 19.3 Å². The number of nitrogens with zero attached hydrogens (tertiary/aromatic N) is 2. The number of aromatic nitrogens is 2. The number of rotatable bonds is 8. The molecule has 4 nitrogen and oxygen atoms in total. The van der Waals surface area contributed by atoms with Crippen LogP contribution in [0.3, 0.4) is 0 Å². The molecule has 78 heavy (non-hydrogen) atoms. The van der Waals surface area contributed by atoms with Gasteiger partial charge in [-0.05, 0) is 139 Å². The molecule has 2 aromatic heterocycles. The van der Waals surface area contributed by atoms with Crippen molar-refractivity contribution in [2.24, 2.45) is 0 Å². The third kappa shape index (κ3) is 11.2. The Balaban J connectivity index is 1.13. The maximum absolute atomic E-state index is 12.9. The second kappa shape index (κ2) is 20.5. The van der Waals surface area contributed by atoms with Crippen molar-refractivity contribution in [3.8, 4) is 22.9 Å². The summed E-state index contributed by atoms with van der Waals surface area (Å²) in [6.07, 6.45) is 6.98. The van der Waals surface area contributed by atoms with Gasteiger partial charge in [-0.3, -0.25) is 0 Å². The molecule has 1 fully saturated rings. The van der Waals surface area contributed by atoms with E-state index in [4.69, 9.17) is 11.7 Å². The van der Waals surface area contributed by atoms with Crippen molar-refractivity contribution in [3.05, 3.63) is 142 Å². The van der Waals surface area contributed by atoms with E-state index in [9.17, 15) is 10.2 Å². The van der Waals surface area contributed by atoms with Crippen molar-refractivity contribution in [1.29, 1.82) is 0 Å². The van der Waals surface area contributed by atoms with Crippen LogP contribution in [-0.2, 0) is 44.0 Å². The summed E-state index contributed by atoms with van der Waals surface area (Å²) in [6.45, 7) is 41.2. The molecule has 0 spiro atoms. The summed E-state index contributed by atoms with van der Waals surface area (Å²) >= 11 is 0. The maximum Gasteiger partial charge on any atom is 0.143 e. The lowest BCUT2D eigenvalue weighted by Gasteiger charge is -2.34. The van der Waals surface area contributed by atoms with E-state index in [0.717, 1.165) is 57.4 Å². The van der Waals surface area contributed by atoms with E-state index in [1.165, 1.54) is 80.6 Å². The van der Waals surface area contributed by atoms with Gasteiger partial charge in [-0.15, -0.1) is 0 Å². The van der Waals surface area contributed by atoms with Crippen molar-refractivity contribution in [2.75, 3.05) is 0 Å². The minimum Gasteiger partial charge on any atom is -0.505 e. The fourth-order valence-corrected chi connectivity index (χ4v) is 16.7. The monoisotopic (exact) mass is 1080 g/mol. The number of aromatic hydroxyl groups is 2. The number of phenolic OH excluding ortho intramolecular Hbond substituents is 2. The fraction of sp³-hybridized carbons (Fsp3) is 0.472. The predicted octanol–water partition coefficient (Wildman–Crippen LogP) is 20.3. The number of fused-ring (bicyclic) bond motifs is 6. The normalized spacial score (nSPS) is 17.5. The van der Waals surface area contributed by atoms with Crippen molar-refractivity contribution in [1.82, 2.24) is 9.13 Å². The molecule has 6 aromatic carbocycles. The quantitative estimate of drug-likeness (QED) is 0.149. The van der Waals surface area contributed by atoms with Crippen LogP contribution >= 0.6 is 21.0 Å². The zero-order chi connectivity index (χ0) is 57.0. The SMILES string of the molecule is C=S(Cc1cc(C(C)(C)C)cc(-n2c3ccc(C(C)(C)C)cc3c3cc(C(C)(C)C)ccc32)c1O)C1CCCCCCC1S(=C)Cc1cc(C(C)(C)C)cc(-n2c3ccc(C(C)(C)C)cc3c3cc(C(C)(C)C)ccc32)c1O. The van der Waals surface area contributed by atoms with E-state index in [1.807, 2.05) is 0 Å². The van der Waals surface area contributed by atoms with Crippen LogP contribution in [0, 0.1) is 0 Å². The standard InChI is InChI=1S/C72H94N2O2S2/c1-67(2,3)47-27-31-57-53(37-47)54-38-48(68(4,5)6)28-32-58(54)73(57)61-41-51(71(13,14)15)35-45(65(61)75)43-77(19)63-25-23-21-22-24-26-64(63)78(20)44-46-36-52(72(16,17)18)42-62(66(46)76)74-59-33-29-49(69(7,8)9)39-55(59)56-40-50(70(10,11)12)30-34-60(56)74/h27-42,63-64,75-76H,19-26,43-44H2,1-18H3. The molecule has 0 bridgehead atoms. The van der Waals surface area contributed by atoms with Gasteiger partial charge in [0.25, 0.3) is 0 Å². The Kier molecular flexibility index (Phi) is 15.1. The molecule has 2 N–H and O–H groups in total. The van der Waals surface area contributed by atoms with Crippen molar-refractivity contribution in [2.45, 2.75) is 218 Å². The van der Waals surface area contributed by atoms with Gasteiger partial charge in [0.15, 0.2) is 0 Å². The summed E-state index contributed by atoms with van der Waals surface area (Å²) in [4.78, 5) is 0. The zero-order valence-electron chi connectivity index (χ0n) is 51.1. The number of benzene rings is 6. The fourth-order valence-electron chi connectivity index (χ4n) is 12.0. The van der Waals surface area contributed by atoms with Crippen LogP contribution in [0.1, 0.15) is 208 Å². The lowest BCUT2D eigenvalue weighted by Crippen LogP contribution is -2.25. The molecule has 0 radical (unpaired) electrons. The highest BCUT2D eigenvalue weighted by molar-refractivity contribution is 8.17. The van der Waals surface area contributed by atoms with Crippen LogP contribution in [0.5, 0.6) is 11.5 Å². The van der Waals surface area contributed by atoms with E-state index in [-0.39, 0.29) is 53.5 Å². The van der Waals surface area contributed by atoms with Crippen molar-refractivity contribution < 1.29 is 10.2 Å². The van der Waals surface area contributed by atoms with Gasteiger partial charge in [0.1, 0.15) is 11.5 Å². The van der Waals surface area contributed by atoms with Crippen molar-refractivity contribution >= 4 is 76.3 Å². The van der Waals surface area contributed by atoms with Gasteiger partial charge in [-0.2, -0.15) is 21.0 Å². The maximum atomic E-state index is 12.9. The molecule has 416 valence electrons. The van der Waals surface area contributed by atoms with E-state index < -0.39 is 0 Å². The Labute approximate surface area is 474 Å². The summed E-state index contributed by atoms with van der Waals surface area (Å²) in [5.41, 5.74) is 15.3. The Hall–Kier alpha value is -5.04. The van der Waals surface area contributed by atoms with E-state index in [0.29, 0.717) is 33.5 Å². The highest BCUT2D eigenvalue weighted by Crippen LogP contribution is 2.49. The topological polar surface area (TPSA) is 50.3 Å². The molecule has 8 aromatic rings. The number of phenols is 2. The molecule has 0 saturated heterocycles. The lowest BCUT2D eigenvalue weighted by atomic mass is 9.85. The molecule has 1 saturated carbocycles. The molecular weight excluding hydrogens is 989 g/mol. The number of hydrogen-bond acceptors (Lipinski definition) is 2. The smallest absolute Gasteiger partial charge is 0.143 e. The molecule has 1 aliphatic rings. The zero-order valence-corrected chi connectivity index (χ0v) is 52.7. The minimum atomic E-state index is -0.336. The Morgan fingerprint density at radius 3 is 0.872 bits per heavy atom. The predicted molar refractivity (Wildman–Crippen MR) is 349 cm³/mol. The van der Waals surface area contributed by atoms with E-state index >= 15 is 0 Å². The van der Waals surface area contributed by atoms with Gasteiger partial charge in [0.05, 0.1) is 33.4 Å². The summed E-state index contributed by atoms with van der Waals surface area (Å²) in [7, 11) is -0.672. The highest BCUT2D eigenvalue weighted by Gasteiger charge is 2.32. The largest absolute Gasteiger partial charge is 0.505 e. The van der Waals surface area contributed by atoms with Gasteiger partial charge >= 0.3 is 0 Å². The van der Waals surface area contributed by atoms with Crippen LogP contribution in [0.2, 0.25) is 0 Å². The van der Waals surface area contributed by atoms with Crippen molar-refractivity contribution in [3.63, 3.8) is 0 Å². The van der Waals surface area contributed by atoms with Crippen LogP contribution in [0.15, 0.2) is 97.1 Å². The molecule has 4 atom stereocenters. The average Bonchev–Trinajstić information content (AvgIpc) is 4.05. The highest BCUT2D eigenvalue weighted by atomic mass is 32.2. The molecule has 2 heterocycles. The van der Waals surface area contributed by atoms with Gasteiger partial charge in [0.2, 0.25) is 0 Å². The first-order valence-corrected chi connectivity index (χ1v) is 32.3. The summed E-state index contributed by atoms with van der Waals surface area (Å²) in [5, 5.41) is 31.4. The first-order valence-electron chi connectivity index (χ1n) is 29.0. The third-order valence-electron chi connectivity index (χ3n) is 17.2. The van der Waals surface area contributed by atoms with Crippen LogP contribution in [0.25, 0.3) is 55.0 Å². The molecule has 0 aliphatic heterocycles. The molecule has 4 unspecified atom stereocenters. The summed E-state index contributed by atoms with van der Waals surface area (Å²) < 4.78 is 4.67. The second-order valence-corrected chi connectivity index (χ2v) is 33.5. The Bertz CT molecular complexity index is 3270. The van der Waals surface area contributed by atoms with Crippen LogP contribution in [-0.4, -0.2) is 41.6 Å². The minimum absolute atomic E-state index is 0.0144. The molecule has 6 heteroatoms. The molecular formula is C72H94N2O2S2.